The van der Waals surface area contributed by atoms with Gasteiger partial charge in [-0.05, 0) is 38.5 Å². The SMILES string of the molecule is CCN(Cc1ccccc1)c1cccc(OC(C)C)c1N. The molecule has 3 nitrogen and oxygen atoms in total. The van der Waals surface area contributed by atoms with Crippen molar-refractivity contribution >= 4 is 11.4 Å². The Hall–Kier alpha value is -2.16. The van der Waals surface area contributed by atoms with Crippen LogP contribution in [0.3, 0.4) is 0 Å². The van der Waals surface area contributed by atoms with Crippen LogP contribution in [0.5, 0.6) is 5.75 Å². The summed E-state index contributed by atoms with van der Waals surface area (Å²) in [6, 6.07) is 16.4. The number of hydrogen-bond acceptors (Lipinski definition) is 3. The standard InChI is InChI=1S/C18H24N2O/c1-4-20(13-15-9-6-5-7-10-15)16-11-8-12-17(18(16)19)21-14(2)3/h5-12,14H,4,13,19H2,1-3H3. The van der Waals surface area contributed by atoms with Gasteiger partial charge in [0.1, 0.15) is 5.75 Å². The fourth-order valence-electron chi connectivity index (χ4n) is 2.34. The summed E-state index contributed by atoms with van der Waals surface area (Å²) in [6.45, 7) is 7.89. The van der Waals surface area contributed by atoms with Gasteiger partial charge in [0.15, 0.2) is 0 Å². The molecule has 0 aromatic heterocycles. The van der Waals surface area contributed by atoms with Gasteiger partial charge in [-0.15, -0.1) is 0 Å². The van der Waals surface area contributed by atoms with E-state index in [-0.39, 0.29) is 6.10 Å². The molecule has 21 heavy (non-hydrogen) atoms. The minimum atomic E-state index is 0.117. The molecule has 2 rings (SSSR count). The maximum Gasteiger partial charge on any atom is 0.144 e. The highest BCUT2D eigenvalue weighted by Crippen LogP contribution is 2.33. The minimum absolute atomic E-state index is 0.117. The van der Waals surface area contributed by atoms with Crippen molar-refractivity contribution in [3.8, 4) is 5.75 Å². The van der Waals surface area contributed by atoms with Gasteiger partial charge in [0.2, 0.25) is 0 Å². The monoisotopic (exact) mass is 284 g/mol. The van der Waals surface area contributed by atoms with Gasteiger partial charge in [0, 0.05) is 13.1 Å². The zero-order chi connectivity index (χ0) is 15.2. The van der Waals surface area contributed by atoms with Crippen molar-refractivity contribution in [2.45, 2.75) is 33.4 Å². The van der Waals surface area contributed by atoms with Crippen LogP contribution in [0.15, 0.2) is 48.5 Å². The Balaban J connectivity index is 2.25. The lowest BCUT2D eigenvalue weighted by Crippen LogP contribution is -2.23. The van der Waals surface area contributed by atoms with Crippen molar-refractivity contribution < 1.29 is 4.74 Å². The predicted octanol–water partition coefficient (Wildman–Crippen LogP) is 4.08. The van der Waals surface area contributed by atoms with Crippen molar-refractivity contribution in [3.05, 3.63) is 54.1 Å². The Morgan fingerprint density at radius 2 is 1.76 bits per heavy atom. The van der Waals surface area contributed by atoms with Gasteiger partial charge >= 0.3 is 0 Å². The average molecular weight is 284 g/mol. The summed E-state index contributed by atoms with van der Waals surface area (Å²) in [6.07, 6.45) is 0.117. The van der Waals surface area contributed by atoms with E-state index in [0.717, 1.165) is 24.5 Å². The predicted molar refractivity (Wildman–Crippen MR) is 89.8 cm³/mol. The zero-order valence-electron chi connectivity index (χ0n) is 13.0. The number of anilines is 2. The topological polar surface area (TPSA) is 38.5 Å². The van der Waals surface area contributed by atoms with E-state index in [9.17, 15) is 0 Å². The fourth-order valence-corrected chi connectivity index (χ4v) is 2.34. The summed E-state index contributed by atoms with van der Waals surface area (Å²) < 4.78 is 5.78. The Morgan fingerprint density at radius 3 is 2.38 bits per heavy atom. The lowest BCUT2D eigenvalue weighted by Gasteiger charge is -2.26. The molecule has 112 valence electrons. The van der Waals surface area contributed by atoms with E-state index in [1.165, 1.54) is 5.56 Å². The molecule has 0 heterocycles. The molecule has 0 fully saturated rings. The summed E-state index contributed by atoms with van der Waals surface area (Å²) in [5.74, 6) is 0.758. The van der Waals surface area contributed by atoms with Gasteiger partial charge < -0.3 is 15.4 Å². The zero-order valence-corrected chi connectivity index (χ0v) is 13.0. The molecule has 0 saturated carbocycles. The van der Waals surface area contributed by atoms with E-state index in [1.54, 1.807) is 0 Å². The Kier molecular flexibility index (Phi) is 5.09. The number of nitrogens with two attached hydrogens (primary N) is 1. The van der Waals surface area contributed by atoms with Gasteiger partial charge in [0.05, 0.1) is 17.5 Å². The highest BCUT2D eigenvalue weighted by Gasteiger charge is 2.13. The first-order valence-corrected chi connectivity index (χ1v) is 7.45. The molecule has 0 aliphatic rings. The van der Waals surface area contributed by atoms with E-state index >= 15 is 0 Å². The third kappa shape index (κ3) is 3.91. The molecule has 0 radical (unpaired) electrons. The summed E-state index contributed by atoms with van der Waals surface area (Å²) in [7, 11) is 0. The second-order valence-electron chi connectivity index (χ2n) is 5.36. The van der Waals surface area contributed by atoms with Crippen LogP contribution in [0.25, 0.3) is 0 Å². The van der Waals surface area contributed by atoms with Crippen molar-refractivity contribution in [2.24, 2.45) is 0 Å². The molecule has 0 atom stereocenters. The fraction of sp³-hybridized carbons (Fsp3) is 0.333. The number of benzene rings is 2. The highest BCUT2D eigenvalue weighted by atomic mass is 16.5. The van der Waals surface area contributed by atoms with E-state index in [1.807, 2.05) is 32.0 Å². The van der Waals surface area contributed by atoms with Crippen molar-refractivity contribution in [2.75, 3.05) is 17.2 Å². The number of hydrogen-bond donors (Lipinski definition) is 1. The maximum absolute atomic E-state index is 6.30. The van der Waals surface area contributed by atoms with E-state index < -0.39 is 0 Å². The van der Waals surface area contributed by atoms with Crippen LogP contribution in [0.1, 0.15) is 26.3 Å². The van der Waals surface area contributed by atoms with Gasteiger partial charge in [-0.3, -0.25) is 0 Å². The second kappa shape index (κ2) is 7.02. The first kappa shape index (κ1) is 15.2. The number of ether oxygens (including phenoxy) is 1. The minimum Gasteiger partial charge on any atom is -0.489 e. The van der Waals surface area contributed by atoms with Crippen LogP contribution in [0.4, 0.5) is 11.4 Å². The number of rotatable bonds is 6. The molecular formula is C18H24N2O. The smallest absolute Gasteiger partial charge is 0.144 e. The highest BCUT2D eigenvalue weighted by molar-refractivity contribution is 5.74. The molecule has 0 unspecified atom stereocenters. The van der Waals surface area contributed by atoms with Gasteiger partial charge in [-0.1, -0.05) is 36.4 Å². The van der Waals surface area contributed by atoms with Crippen molar-refractivity contribution in [3.63, 3.8) is 0 Å². The Labute approximate surface area is 127 Å². The molecule has 0 saturated heterocycles. The largest absolute Gasteiger partial charge is 0.489 e. The van der Waals surface area contributed by atoms with Crippen LogP contribution >= 0.6 is 0 Å². The molecule has 2 aromatic carbocycles. The molecule has 0 aliphatic carbocycles. The van der Waals surface area contributed by atoms with E-state index in [0.29, 0.717) is 5.69 Å². The quantitative estimate of drug-likeness (QED) is 0.812. The Morgan fingerprint density at radius 1 is 1.05 bits per heavy atom. The first-order chi connectivity index (χ1) is 10.1. The molecular weight excluding hydrogens is 260 g/mol. The third-order valence-electron chi connectivity index (χ3n) is 3.34. The Bertz CT molecular complexity index is 567. The van der Waals surface area contributed by atoms with Crippen LogP contribution in [0, 0.1) is 0 Å². The molecule has 2 aromatic rings. The van der Waals surface area contributed by atoms with Crippen molar-refractivity contribution in [1.29, 1.82) is 0 Å². The molecule has 2 N–H and O–H groups in total. The molecule has 0 aliphatic heterocycles. The lowest BCUT2D eigenvalue weighted by atomic mass is 10.1. The molecule has 0 spiro atoms. The molecule has 0 amide bonds. The average Bonchev–Trinajstić information content (AvgIpc) is 2.48. The van der Waals surface area contributed by atoms with Crippen LogP contribution < -0.4 is 15.4 Å². The van der Waals surface area contributed by atoms with Gasteiger partial charge in [-0.25, -0.2) is 0 Å². The van der Waals surface area contributed by atoms with Crippen LogP contribution in [-0.2, 0) is 6.54 Å². The van der Waals surface area contributed by atoms with E-state index in [4.69, 9.17) is 10.5 Å². The maximum atomic E-state index is 6.30. The first-order valence-electron chi connectivity index (χ1n) is 7.45. The van der Waals surface area contributed by atoms with Gasteiger partial charge in [0.25, 0.3) is 0 Å². The molecule has 3 heteroatoms. The van der Waals surface area contributed by atoms with Crippen LogP contribution in [0.2, 0.25) is 0 Å². The third-order valence-corrected chi connectivity index (χ3v) is 3.34. The molecule has 0 bridgehead atoms. The summed E-state index contributed by atoms with van der Waals surface area (Å²) in [4.78, 5) is 2.26. The van der Waals surface area contributed by atoms with Crippen molar-refractivity contribution in [1.82, 2.24) is 0 Å². The van der Waals surface area contributed by atoms with E-state index in [2.05, 4.69) is 42.2 Å². The number of nitrogen functional groups attached to an aromatic ring is 1. The van der Waals surface area contributed by atoms with Crippen LogP contribution in [-0.4, -0.2) is 12.6 Å². The number of nitrogens with zero attached hydrogens (tertiary/aromatic N) is 1. The summed E-state index contributed by atoms with van der Waals surface area (Å²) in [5, 5.41) is 0. The summed E-state index contributed by atoms with van der Waals surface area (Å²) >= 11 is 0. The number of para-hydroxylation sites is 1. The lowest BCUT2D eigenvalue weighted by molar-refractivity contribution is 0.244. The summed E-state index contributed by atoms with van der Waals surface area (Å²) in [5.41, 5.74) is 9.31. The van der Waals surface area contributed by atoms with Gasteiger partial charge in [-0.2, -0.15) is 0 Å². The second-order valence-corrected chi connectivity index (χ2v) is 5.36. The normalized spacial score (nSPS) is 10.7.